The zero-order valence-electron chi connectivity index (χ0n) is 16.5. The highest BCUT2D eigenvalue weighted by molar-refractivity contribution is 7.13. The number of carbonyl (C=O) groups excluding carboxylic acids is 1. The van der Waals surface area contributed by atoms with Crippen molar-refractivity contribution in [2.75, 3.05) is 6.54 Å². The van der Waals surface area contributed by atoms with Crippen molar-refractivity contribution in [2.24, 2.45) is 0 Å². The smallest absolute Gasteiger partial charge is 0.220 e. The summed E-state index contributed by atoms with van der Waals surface area (Å²) in [4.78, 5) is 13.2. The Bertz CT molecular complexity index is 1130. The van der Waals surface area contributed by atoms with E-state index in [1.54, 1.807) is 35.7 Å². The lowest BCUT2D eigenvalue weighted by Gasteiger charge is -2.09. The minimum Gasteiger partial charge on any atom is -0.356 e. The van der Waals surface area contributed by atoms with Crippen molar-refractivity contribution in [2.45, 2.75) is 26.3 Å². The number of nitrogens with one attached hydrogen (secondary N) is 1. The number of hydrogen-bond donors (Lipinski definition) is 1. The van der Waals surface area contributed by atoms with Crippen LogP contribution in [-0.2, 0) is 17.8 Å². The number of halogens is 1. The Balaban J connectivity index is 1.40. The highest BCUT2D eigenvalue weighted by Gasteiger charge is 2.18. The first-order chi connectivity index (χ1) is 14.6. The maximum atomic E-state index is 13.7. The van der Waals surface area contributed by atoms with Gasteiger partial charge >= 0.3 is 0 Å². The summed E-state index contributed by atoms with van der Waals surface area (Å²) in [5, 5.41) is 13.4. The monoisotopic (exact) mass is 424 g/mol. The molecule has 4 rings (SSSR count). The molecule has 8 heteroatoms. The molecule has 0 aliphatic carbocycles. The molecule has 3 heterocycles. The van der Waals surface area contributed by atoms with Crippen molar-refractivity contribution < 1.29 is 13.7 Å². The summed E-state index contributed by atoms with van der Waals surface area (Å²) in [6, 6.07) is 12.4. The largest absolute Gasteiger partial charge is 0.356 e. The van der Waals surface area contributed by atoms with Crippen molar-refractivity contribution >= 4 is 17.2 Å². The number of hydrogen-bond acceptors (Lipinski definition) is 5. The van der Waals surface area contributed by atoms with Crippen molar-refractivity contribution in [3.05, 3.63) is 71.1 Å². The second kappa shape index (κ2) is 9.04. The zero-order valence-corrected chi connectivity index (χ0v) is 17.3. The summed E-state index contributed by atoms with van der Waals surface area (Å²) in [5.74, 6) is 0.267. The Morgan fingerprint density at radius 2 is 2.13 bits per heavy atom. The molecule has 0 fully saturated rings. The third-order valence-electron chi connectivity index (χ3n) is 4.71. The van der Waals surface area contributed by atoms with E-state index in [1.807, 2.05) is 35.2 Å². The van der Waals surface area contributed by atoms with Gasteiger partial charge in [0.05, 0.1) is 34.6 Å². The van der Waals surface area contributed by atoms with Crippen LogP contribution in [0, 0.1) is 12.7 Å². The van der Waals surface area contributed by atoms with Crippen LogP contribution in [0.5, 0.6) is 0 Å². The van der Waals surface area contributed by atoms with Crippen molar-refractivity contribution in [3.8, 4) is 21.9 Å². The number of benzene rings is 1. The van der Waals surface area contributed by atoms with Gasteiger partial charge in [-0.2, -0.15) is 5.10 Å². The molecule has 1 amide bonds. The Morgan fingerprint density at radius 3 is 2.87 bits per heavy atom. The molecule has 30 heavy (non-hydrogen) atoms. The van der Waals surface area contributed by atoms with Gasteiger partial charge in [-0.15, -0.1) is 11.3 Å². The molecular formula is C22H21FN4O2S. The lowest BCUT2D eigenvalue weighted by molar-refractivity contribution is -0.121. The predicted molar refractivity (Wildman–Crippen MR) is 114 cm³/mol. The van der Waals surface area contributed by atoms with Gasteiger partial charge in [0, 0.05) is 19.0 Å². The number of aromatic nitrogens is 3. The average molecular weight is 425 g/mol. The van der Waals surface area contributed by atoms with Gasteiger partial charge in [0.1, 0.15) is 5.82 Å². The number of amides is 1. The third kappa shape index (κ3) is 4.49. The fourth-order valence-electron chi connectivity index (χ4n) is 3.24. The van der Waals surface area contributed by atoms with E-state index >= 15 is 0 Å². The van der Waals surface area contributed by atoms with E-state index in [0.717, 1.165) is 21.8 Å². The zero-order chi connectivity index (χ0) is 20.9. The van der Waals surface area contributed by atoms with Crippen LogP contribution in [0.25, 0.3) is 21.9 Å². The minimum absolute atomic E-state index is 0.117. The summed E-state index contributed by atoms with van der Waals surface area (Å²) < 4.78 is 21.0. The van der Waals surface area contributed by atoms with Gasteiger partial charge in [-0.05, 0) is 36.4 Å². The molecule has 0 unspecified atom stereocenters. The molecule has 0 radical (unpaired) electrons. The van der Waals surface area contributed by atoms with Crippen LogP contribution in [0.2, 0.25) is 0 Å². The van der Waals surface area contributed by atoms with Crippen LogP contribution in [0.1, 0.15) is 17.7 Å². The highest BCUT2D eigenvalue weighted by atomic mass is 32.1. The molecule has 0 aliphatic rings. The van der Waals surface area contributed by atoms with E-state index < -0.39 is 0 Å². The fraction of sp³-hybridized carbons (Fsp3) is 0.227. The van der Waals surface area contributed by atoms with Crippen LogP contribution >= 0.6 is 11.3 Å². The van der Waals surface area contributed by atoms with E-state index in [9.17, 15) is 9.18 Å². The first-order valence-electron chi connectivity index (χ1n) is 9.65. The molecule has 0 saturated heterocycles. The normalized spacial score (nSPS) is 11.0. The first-order valence-corrected chi connectivity index (χ1v) is 10.5. The molecule has 0 bridgehead atoms. The summed E-state index contributed by atoms with van der Waals surface area (Å²) in [6.45, 7) is 2.80. The number of thiophene rings is 1. The lowest BCUT2D eigenvalue weighted by atomic mass is 10.1. The second-order valence-electron chi connectivity index (χ2n) is 6.88. The highest BCUT2D eigenvalue weighted by Crippen LogP contribution is 2.34. The Morgan fingerprint density at radius 1 is 1.27 bits per heavy atom. The number of carbonyl (C=O) groups is 1. The van der Waals surface area contributed by atoms with Crippen molar-refractivity contribution in [3.63, 3.8) is 0 Å². The Kier molecular flexibility index (Phi) is 6.04. The summed E-state index contributed by atoms with van der Waals surface area (Å²) in [5.41, 5.74) is 3.15. The van der Waals surface area contributed by atoms with Gasteiger partial charge in [-0.25, -0.2) is 4.39 Å². The number of aryl methyl sites for hydroxylation is 2. The second-order valence-corrected chi connectivity index (χ2v) is 7.83. The molecule has 4 aromatic rings. The molecule has 0 aliphatic heterocycles. The summed E-state index contributed by atoms with van der Waals surface area (Å²) in [7, 11) is 0. The molecule has 154 valence electrons. The lowest BCUT2D eigenvalue weighted by Crippen LogP contribution is -2.27. The van der Waals surface area contributed by atoms with Crippen LogP contribution < -0.4 is 5.32 Å². The first kappa shape index (κ1) is 20.0. The van der Waals surface area contributed by atoms with E-state index in [0.29, 0.717) is 30.8 Å². The van der Waals surface area contributed by atoms with Crippen LogP contribution in [0.3, 0.4) is 0 Å². The van der Waals surface area contributed by atoms with Gasteiger partial charge in [-0.3, -0.25) is 9.48 Å². The number of nitrogens with zero attached hydrogens (tertiary/aromatic N) is 3. The third-order valence-corrected chi connectivity index (χ3v) is 5.59. The summed E-state index contributed by atoms with van der Waals surface area (Å²) in [6.07, 6.45) is 2.37. The fourth-order valence-corrected chi connectivity index (χ4v) is 4.03. The van der Waals surface area contributed by atoms with E-state index in [-0.39, 0.29) is 18.1 Å². The summed E-state index contributed by atoms with van der Waals surface area (Å²) >= 11 is 1.61. The molecule has 6 nitrogen and oxygen atoms in total. The maximum Gasteiger partial charge on any atom is 0.220 e. The van der Waals surface area contributed by atoms with Crippen LogP contribution in [0.4, 0.5) is 4.39 Å². The average Bonchev–Trinajstić information content (AvgIpc) is 3.47. The SMILES string of the molecule is Cc1cc(-c2cnn(CCNC(=O)CCc3ccccc3F)c2-c2cccs2)on1. The van der Waals surface area contributed by atoms with Gasteiger partial charge < -0.3 is 9.84 Å². The molecular weight excluding hydrogens is 403 g/mol. The van der Waals surface area contributed by atoms with Crippen molar-refractivity contribution in [1.29, 1.82) is 0 Å². The molecule has 0 saturated carbocycles. The molecule has 0 spiro atoms. The Labute approximate surface area is 177 Å². The topological polar surface area (TPSA) is 73.0 Å². The van der Waals surface area contributed by atoms with Crippen LogP contribution in [0.15, 0.2) is 58.6 Å². The predicted octanol–water partition coefficient (Wildman–Crippen LogP) is 4.46. The minimum atomic E-state index is -0.280. The maximum absolute atomic E-state index is 13.7. The van der Waals surface area contributed by atoms with E-state index in [1.165, 1.54) is 6.07 Å². The van der Waals surface area contributed by atoms with Crippen molar-refractivity contribution in [1.82, 2.24) is 20.3 Å². The van der Waals surface area contributed by atoms with E-state index in [2.05, 4.69) is 15.6 Å². The molecule has 3 aromatic heterocycles. The number of rotatable bonds is 8. The molecule has 1 aromatic carbocycles. The van der Waals surface area contributed by atoms with Gasteiger partial charge in [-0.1, -0.05) is 29.4 Å². The van der Waals surface area contributed by atoms with Gasteiger partial charge in [0.25, 0.3) is 0 Å². The van der Waals surface area contributed by atoms with Crippen LogP contribution in [-0.4, -0.2) is 27.4 Å². The van der Waals surface area contributed by atoms with E-state index in [4.69, 9.17) is 4.52 Å². The standard InChI is InChI=1S/C22H21FN4O2S/c1-15-13-19(29-26-15)17-14-25-27(22(17)20-7-4-12-30-20)11-10-24-21(28)9-8-16-5-2-3-6-18(16)23/h2-7,12-14H,8-11H2,1H3,(H,24,28). The quantitative estimate of drug-likeness (QED) is 0.453. The Hall–Kier alpha value is -3.26. The van der Waals surface area contributed by atoms with Gasteiger partial charge in [0.15, 0.2) is 5.76 Å². The molecule has 1 N–H and O–H groups in total. The van der Waals surface area contributed by atoms with Gasteiger partial charge in [0.2, 0.25) is 5.91 Å². The molecule has 0 atom stereocenters.